The molecule has 0 radical (unpaired) electrons. The number of nitrogen functional groups attached to an aromatic ring is 2. The number of rotatable bonds is 4. The molecule has 0 spiro atoms. The summed E-state index contributed by atoms with van der Waals surface area (Å²) in [5.41, 5.74) is 3.99. The topological polar surface area (TPSA) is 171 Å². The van der Waals surface area contributed by atoms with Crippen molar-refractivity contribution < 1.29 is 14.5 Å². The second-order valence-corrected chi connectivity index (χ2v) is 4.51. The first-order chi connectivity index (χ1) is 10.9. The maximum Gasteiger partial charge on any atom is 0.286 e. The number of hydrogen-bond acceptors (Lipinski definition) is 7. The molecule has 0 aliphatic rings. The maximum absolute atomic E-state index is 11.7. The van der Waals surface area contributed by atoms with Gasteiger partial charge in [0.25, 0.3) is 17.5 Å². The van der Waals surface area contributed by atoms with Gasteiger partial charge >= 0.3 is 0 Å². The molecular weight excluding hydrogens is 306 g/mol. The monoisotopic (exact) mass is 319 g/mol. The smallest absolute Gasteiger partial charge is 0.286 e. The Balaban J connectivity index is 2.59. The molecule has 0 bridgehead atoms. The van der Waals surface area contributed by atoms with Crippen LogP contribution in [0.5, 0.6) is 0 Å². The van der Waals surface area contributed by atoms with Crippen LogP contribution < -0.4 is 22.5 Å². The first kappa shape index (κ1) is 16.1. The summed E-state index contributed by atoms with van der Waals surface area (Å²) >= 11 is 0. The van der Waals surface area contributed by atoms with E-state index < -0.39 is 16.7 Å². The molecule has 2 rings (SSSR count). The van der Waals surface area contributed by atoms with Gasteiger partial charge < -0.3 is 0 Å². The van der Waals surface area contributed by atoms with E-state index in [1.807, 2.05) is 10.9 Å². The molecule has 1 aromatic carbocycles. The standard InChI is InChI=1S/C12H13N7O4/c1-6-2-3-7(4-9(6)19(22)23)18-5-8(11(20)15-13)10(17-18)12(21)16-14/h2-5H,13-14H2,1H3,(H,15,20)(H,16,21). The van der Waals surface area contributed by atoms with E-state index in [4.69, 9.17) is 11.7 Å². The second-order valence-electron chi connectivity index (χ2n) is 4.51. The predicted molar refractivity (Wildman–Crippen MR) is 78.3 cm³/mol. The highest BCUT2D eigenvalue weighted by Crippen LogP contribution is 2.22. The minimum Gasteiger partial charge on any atom is -0.290 e. The Morgan fingerprint density at radius 1 is 1.26 bits per heavy atom. The van der Waals surface area contributed by atoms with Crippen LogP contribution >= 0.6 is 0 Å². The molecule has 0 aliphatic carbocycles. The molecule has 2 amide bonds. The number of nitrogens with one attached hydrogen (secondary N) is 2. The highest BCUT2D eigenvalue weighted by Gasteiger charge is 2.22. The van der Waals surface area contributed by atoms with Crippen LogP contribution in [0.2, 0.25) is 0 Å². The number of nitro benzene ring substituents is 1. The number of nitro groups is 1. The minimum absolute atomic E-state index is 0.118. The highest BCUT2D eigenvalue weighted by molar-refractivity contribution is 6.05. The van der Waals surface area contributed by atoms with Crippen LogP contribution in [0.1, 0.15) is 26.4 Å². The first-order valence-electron chi connectivity index (χ1n) is 6.26. The van der Waals surface area contributed by atoms with Gasteiger partial charge in [0.1, 0.15) is 0 Å². The van der Waals surface area contributed by atoms with Crippen molar-refractivity contribution in [1.29, 1.82) is 0 Å². The van der Waals surface area contributed by atoms with Gasteiger partial charge in [-0.05, 0) is 13.0 Å². The van der Waals surface area contributed by atoms with Crippen LogP contribution in [0, 0.1) is 17.0 Å². The molecule has 6 N–H and O–H groups in total. The zero-order valence-corrected chi connectivity index (χ0v) is 11.9. The molecule has 0 atom stereocenters. The quantitative estimate of drug-likeness (QED) is 0.249. The largest absolute Gasteiger partial charge is 0.290 e. The fourth-order valence-electron chi connectivity index (χ4n) is 1.92. The molecule has 0 aliphatic heterocycles. The van der Waals surface area contributed by atoms with Gasteiger partial charge in [-0.3, -0.25) is 30.6 Å². The molecule has 1 aromatic heterocycles. The molecule has 11 nitrogen and oxygen atoms in total. The molecule has 1 heterocycles. The molecule has 23 heavy (non-hydrogen) atoms. The van der Waals surface area contributed by atoms with E-state index in [9.17, 15) is 19.7 Å². The predicted octanol–water partition coefficient (Wildman–Crippen LogP) is -0.704. The number of aromatic nitrogens is 2. The SMILES string of the molecule is Cc1ccc(-n2cc(C(=O)NN)c(C(=O)NN)n2)cc1[N+](=O)[O-]. The van der Waals surface area contributed by atoms with Crippen LogP contribution in [0.3, 0.4) is 0 Å². The molecular formula is C12H13N7O4. The van der Waals surface area contributed by atoms with E-state index in [0.29, 0.717) is 11.3 Å². The average Bonchev–Trinajstić information content (AvgIpc) is 2.98. The zero-order valence-electron chi connectivity index (χ0n) is 11.9. The lowest BCUT2D eigenvalue weighted by atomic mass is 10.2. The minimum atomic E-state index is -0.802. The molecule has 0 fully saturated rings. The number of nitrogens with zero attached hydrogens (tertiary/aromatic N) is 3. The van der Waals surface area contributed by atoms with E-state index in [1.54, 1.807) is 13.0 Å². The number of carbonyl (C=O) groups is 2. The third kappa shape index (κ3) is 3.00. The number of hydrogen-bond donors (Lipinski definition) is 4. The fourth-order valence-corrected chi connectivity index (χ4v) is 1.92. The normalized spacial score (nSPS) is 10.2. The van der Waals surface area contributed by atoms with Gasteiger partial charge in [0, 0.05) is 17.8 Å². The summed E-state index contributed by atoms with van der Waals surface area (Å²) in [5, 5.41) is 14.9. The molecule has 2 aromatic rings. The Kier molecular flexibility index (Phi) is 4.34. The van der Waals surface area contributed by atoms with E-state index in [-0.39, 0.29) is 16.9 Å². The van der Waals surface area contributed by atoms with Crippen molar-refractivity contribution in [3.63, 3.8) is 0 Å². The lowest BCUT2D eigenvalue weighted by Gasteiger charge is -2.03. The van der Waals surface area contributed by atoms with Gasteiger partial charge in [-0.1, -0.05) is 6.07 Å². The third-order valence-corrected chi connectivity index (χ3v) is 3.09. The maximum atomic E-state index is 11.7. The van der Waals surface area contributed by atoms with Crippen molar-refractivity contribution in [2.24, 2.45) is 11.7 Å². The number of carbonyl (C=O) groups excluding carboxylic acids is 2. The van der Waals surface area contributed by atoms with Gasteiger partial charge in [0.05, 0.1) is 16.2 Å². The van der Waals surface area contributed by atoms with Crippen molar-refractivity contribution in [3.05, 3.63) is 51.3 Å². The number of benzene rings is 1. The summed E-state index contributed by atoms with van der Waals surface area (Å²) in [5.74, 6) is 8.55. The van der Waals surface area contributed by atoms with Crippen LogP contribution in [0.4, 0.5) is 5.69 Å². The Hall–Kier alpha value is -3.31. The Labute approximate surface area is 129 Å². The van der Waals surface area contributed by atoms with Crippen LogP contribution in [-0.4, -0.2) is 26.5 Å². The summed E-state index contributed by atoms with van der Waals surface area (Å²) < 4.78 is 1.15. The third-order valence-electron chi connectivity index (χ3n) is 3.09. The van der Waals surface area contributed by atoms with Crippen LogP contribution in [-0.2, 0) is 0 Å². The number of nitrogens with two attached hydrogens (primary N) is 2. The molecule has 120 valence electrons. The molecule has 0 unspecified atom stereocenters. The van der Waals surface area contributed by atoms with Gasteiger partial charge in [0.2, 0.25) is 0 Å². The van der Waals surface area contributed by atoms with Crippen molar-refractivity contribution in [3.8, 4) is 5.69 Å². The zero-order chi connectivity index (χ0) is 17.1. The van der Waals surface area contributed by atoms with Crippen molar-refractivity contribution in [2.75, 3.05) is 0 Å². The lowest BCUT2D eigenvalue weighted by Crippen LogP contribution is -2.35. The van der Waals surface area contributed by atoms with Crippen molar-refractivity contribution >= 4 is 17.5 Å². The van der Waals surface area contributed by atoms with E-state index >= 15 is 0 Å². The summed E-state index contributed by atoms with van der Waals surface area (Å²) in [7, 11) is 0. The van der Waals surface area contributed by atoms with Crippen molar-refractivity contribution in [1.82, 2.24) is 20.6 Å². The number of hydrazine groups is 2. The molecule has 0 saturated carbocycles. The summed E-state index contributed by atoms with van der Waals surface area (Å²) in [4.78, 5) is 33.9. The van der Waals surface area contributed by atoms with E-state index in [1.165, 1.54) is 18.3 Å². The molecule has 0 saturated heterocycles. The first-order valence-corrected chi connectivity index (χ1v) is 6.26. The van der Waals surface area contributed by atoms with Gasteiger partial charge in [-0.25, -0.2) is 16.4 Å². The highest BCUT2D eigenvalue weighted by atomic mass is 16.6. The van der Waals surface area contributed by atoms with Gasteiger partial charge in [-0.15, -0.1) is 0 Å². The van der Waals surface area contributed by atoms with Crippen LogP contribution in [0.15, 0.2) is 24.4 Å². The van der Waals surface area contributed by atoms with Crippen molar-refractivity contribution in [2.45, 2.75) is 6.92 Å². The fraction of sp³-hybridized carbons (Fsp3) is 0.0833. The van der Waals surface area contributed by atoms with E-state index in [2.05, 4.69) is 5.10 Å². The second kappa shape index (κ2) is 6.21. The summed E-state index contributed by atoms with van der Waals surface area (Å²) in [6, 6.07) is 4.36. The Morgan fingerprint density at radius 3 is 2.48 bits per heavy atom. The summed E-state index contributed by atoms with van der Waals surface area (Å²) in [6.45, 7) is 1.59. The Morgan fingerprint density at radius 2 is 1.91 bits per heavy atom. The number of amides is 2. The van der Waals surface area contributed by atoms with Gasteiger partial charge in [-0.2, -0.15) is 5.10 Å². The summed E-state index contributed by atoms with van der Waals surface area (Å²) in [6.07, 6.45) is 1.22. The van der Waals surface area contributed by atoms with Gasteiger partial charge in [0.15, 0.2) is 5.69 Å². The Bertz CT molecular complexity index is 765. The van der Waals surface area contributed by atoms with E-state index in [0.717, 1.165) is 4.68 Å². The van der Waals surface area contributed by atoms with Crippen LogP contribution in [0.25, 0.3) is 5.69 Å². The molecule has 11 heteroatoms. The number of aryl methyl sites for hydroxylation is 1. The average molecular weight is 319 g/mol. The lowest BCUT2D eigenvalue weighted by molar-refractivity contribution is -0.385.